The van der Waals surface area contributed by atoms with Crippen molar-refractivity contribution in [3.63, 3.8) is 0 Å². The van der Waals surface area contributed by atoms with E-state index in [1.54, 1.807) is 28.8 Å². The second-order valence-electron chi connectivity index (χ2n) is 5.55. The SMILES string of the molecule is CCc1nc2ccccn2c1C(=O)Nc1cc(C(=O)O)cc(C(=O)O)c1. The number of aryl methyl sites for hydroxylation is 1. The Bertz CT molecular complexity index is 1010. The molecule has 8 nitrogen and oxygen atoms in total. The Morgan fingerprint density at radius 3 is 2.31 bits per heavy atom. The Balaban J connectivity index is 2.03. The van der Waals surface area contributed by atoms with Crippen LogP contribution in [0.25, 0.3) is 5.65 Å². The zero-order valence-electron chi connectivity index (χ0n) is 13.8. The number of hydrogen-bond donors (Lipinski definition) is 3. The summed E-state index contributed by atoms with van der Waals surface area (Å²) in [5.41, 5.74) is 1.14. The number of imidazole rings is 1. The van der Waals surface area contributed by atoms with Crippen molar-refractivity contribution in [2.75, 3.05) is 5.32 Å². The van der Waals surface area contributed by atoms with Gasteiger partial charge >= 0.3 is 11.9 Å². The van der Waals surface area contributed by atoms with E-state index in [1.165, 1.54) is 12.1 Å². The Labute approximate surface area is 147 Å². The van der Waals surface area contributed by atoms with Crippen LogP contribution < -0.4 is 5.32 Å². The largest absolute Gasteiger partial charge is 0.478 e. The number of aromatic nitrogens is 2. The highest BCUT2D eigenvalue weighted by molar-refractivity contribution is 6.06. The van der Waals surface area contributed by atoms with Crippen LogP contribution in [0, 0.1) is 0 Å². The minimum absolute atomic E-state index is 0.0836. The van der Waals surface area contributed by atoms with Crippen LogP contribution in [-0.4, -0.2) is 37.4 Å². The van der Waals surface area contributed by atoms with Crippen molar-refractivity contribution in [3.05, 3.63) is 65.1 Å². The highest BCUT2D eigenvalue weighted by Crippen LogP contribution is 2.19. The van der Waals surface area contributed by atoms with Crippen molar-refractivity contribution in [2.24, 2.45) is 0 Å². The first-order valence-corrected chi connectivity index (χ1v) is 7.79. The molecule has 0 saturated heterocycles. The predicted molar refractivity (Wildman–Crippen MR) is 92.9 cm³/mol. The molecule has 26 heavy (non-hydrogen) atoms. The molecule has 3 rings (SSSR count). The molecule has 0 fully saturated rings. The number of amides is 1. The molecule has 3 aromatic rings. The van der Waals surface area contributed by atoms with Gasteiger partial charge in [-0.3, -0.25) is 9.20 Å². The number of aromatic carboxylic acids is 2. The molecule has 2 aromatic heterocycles. The van der Waals surface area contributed by atoms with E-state index in [1.807, 2.05) is 6.92 Å². The number of carboxylic acid groups (broad SMARTS) is 2. The van der Waals surface area contributed by atoms with E-state index in [2.05, 4.69) is 10.3 Å². The molecule has 0 aliphatic heterocycles. The number of carbonyl (C=O) groups is 3. The lowest BCUT2D eigenvalue weighted by molar-refractivity contribution is 0.0696. The fraction of sp³-hybridized carbons (Fsp3) is 0.111. The summed E-state index contributed by atoms with van der Waals surface area (Å²) in [7, 11) is 0. The second-order valence-corrected chi connectivity index (χ2v) is 5.55. The van der Waals surface area contributed by atoms with Crippen molar-refractivity contribution in [2.45, 2.75) is 13.3 Å². The third kappa shape index (κ3) is 3.12. The van der Waals surface area contributed by atoms with Crippen LogP contribution in [0.3, 0.4) is 0 Å². The molecular formula is C18H15N3O5. The van der Waals surface area contributed by atoms with Gasteiger partial charge in [0.15, 0.2) is 0 Å². The number of rotatable bonds is 5. The fourth-order valence-electron chi connectivity index (χ4n) is 2.67. The standard InChI is InChI=1S/C18H15N3O5/c1-2-13-15(21-6-4-3-5-14(21)20-13)16(22)19-12-8-10(17(23)24)7-11(9-12)18(25)26/h3-9H,2H2,1H3,(H,19,22)(H,23,24)(H,25,26). The molecule has 132 valence electrons. The molecule has 1 aromatic carbocycles. The van der Waals surface area contributed by atoms with Crippen molar-refractivity contribution >= 4 is 29.2 Å². The molecule has 0 aliphatic rings. The maximum Gasteiger partial charge on any atom is 0.335 e. The summed E-state index contributed by atoms with van der Waals surface area (Å²) in [6, 6.07) is 8.79. The lowest BCUT2D eigenvalue weighted by atomic mass is 10.1. The number of nitrogens with zero attached hydrogens (tertiary/aromatic N) is 2. The lowest BCUT2D eigenvalue weighted by Gasteiger charge is -2.09. The quantitative estimate of drug-likeness (QED) is 0.648. The van der Waals surface area contributed by atoms with Crippen LogP contribution in [0.2, 0.25) is 0 Å². The molecule has 0 bridgehead atoms. The third-order valence-electron chi connectivity index (χ3n) is 3.84. The van der Waals surface area contributed by atoms with Crippen LogP contribution in [0.5, 0.6) is 0 Å². The first kappa shape index (κ1) is 17.2. The van der Waals surface area contributed by atoms with Gasteiger partial charge in [-0.05, 0) is 36.8 Å². The smallest absolute Gasteiger partial charge is 0.335 e. The first-order chi connectivity index (χ1) is 12.4. The van der Waals surface area contributed by atoms with Crippen molar-refractivity contribution in [3.8, 4) is 0 Å². The predicted octanol–water partition coefficient (Wildman–Crippen LogP) is 2.55. The van der Waals surface area contributed by atoms with Crippen LogP contribution in [0.4, 0.5) is 5.69 Å². The van der Waals surface area contributed by atoms with Crippen LogP contribution in [0.1, 0.15) is 43.8 Å². The number of nitrogens with one attached hydrogen (secondary N) is 1. The normalized spacial score (nSPS) is 10.7. The van der Waals surface area contributed by atoms with Gasteiger partial charge in [-0.25, -0.2) is 14.6 Å². The van der Waals surface area contributed by atoms with Gasteiger partial charge in [0.1, 0.15) is 11.3 Å². The number of fused-ring (bicyclic) bond motifs is 1. The van der Waals surface area contributed by atoms with Crippen molar-refractivity contribution in [1.29, 1.82) is 0 Å². The number of anilines is 1. The zero-order chi connectivity index (χ0) is 18.8. The minimum atomic E-state index is -1.28. The molecule has 8 heteroatoms. The van der Waals surface area contributed by atoms with E-state index in [-0.39, 0.29) is 16.8 Å². The van der Waals surface area contributed by atoms with E-state index in [4.69, 9.17) is 10.2 Å². The van der Waals surface area contributed by atoms with Gasteiger partial charge in [0, 0.05) is 11.9 Å². The average Bonchev–Trinajstić information content (AvgIpc) is 3.00. The lowest BCUT2D eigenvalue weighted by Crippen LogP contribution is -2.17. The molecule has 1 amide bonds. The summed E-state index contributed by atoms with van der Waals surface area (Å²) in [5.74, 6) is -3.07. The summed E-state index contributed by atoms with van der Waals surface area (Å²) in [5, 5.41) is 20.8. The average molecular weight is 353 g/mol. The molecule has 0 spiro atoms. The van der Waals surface area contributed by atoms with Crippen molar-refractivity contribution in [1.82, 2.24) is 9.38 Å². The van der Waals surface area contributed by atoms with E-state index in [9.17, 15) is 14.4 Å². The minimum Gasteiger partial charge on any atom is -0.478 e. The second kappa shape index (κ2) is 6.67. The number of pyridine rings is 1. The van der Waals surface area contributed by atoms with Gasteiger partial charge in [-0.15, -0.1) is 0 Å². The highest BCUT2D eigenvalue weighted by Gasteiger charge is 2.19. The Morgan fingerprint density at radius 1 is 1.08 bits per heavy atom. The summed E-state index contributed by atoms with van der Waals surface area (Å²) < 4.78 is 1.63. The van der Waals surface area contributed by atoms with Crippen LogP contribution in [-0.2, 0) is 6.42 Å². The maximum atomic E-state index is 12.8. The summed E-state index contributed by atoms with van der Waals surface area (Å²) in [6.07, 6.45) is 2.23. The van der Waals surface area contributed by atoms with Crippen LogP contribution >= 0.6 is 0 Å². The molecule has 0 unspecified atom stereocenters. The molecule has 2 heterocycles. The highest BCUT2D eigenvalue weighted by atomic mass is 16.4. The first-order valence-electron chi connectivity index (χ1n) is 7.79. The molecule has 0 atom stereocenters. The Morgan fingerprint density at radius 2 is 1.73 bits per heavy atom. The molecule has 3 N–H and O–H groups in total. The van der Waals surface area contributed by atoms with Gasteiger partial charge in [-0.1, -0.05) is 13.0 Å². The van der Waals surface area contributed by atoms with Gasteiger partial charge in [0.05, 0.1) is 16.8 Å². The van der Waals surface area contributed by atoms with Crippen LogP contribution in [0.15, 0.2) is 42.6 Å². The van der Waals surface area contributed by atoms with Gasteiger partial charge in [-0.2, -0.15) is 0 Å². The molecular weight excluding hydrogens is 338 g/mol. The van der Waals surface area contributed by atoms with E-state index < -0.39 is 17.8 Å². The Kier molecular flexibility index (Phi) is 4.40. The van der Waals surface area contributed by atoms with E-state index in [0.29, 0.717) is 23.5 Å². The number of carbonyl (C=O) groups excluding carboxylic acids is 1. The van der Waals surface area contributed by atoms with Gasteiger partial charge in [0.25, 0.3) is 5.91 Å². The topological polar surface area (TPSA) is 121 Å². The number of hydrogen-bond acceptors (Lipinski definition) is 4. The van der Waals surface area contributed by atoms with E-state index in [0.717, 1.165) is 6.07 Å². The maximum absolute atomic E-state index is 12.8. The fourth-order valence-corrected chi connectivity index (χ4v) is 2.67. The monoisotopic (exact) mass is 353 g/mol. The van der Waals surface area contributed by atoms with Gasteiger partial charge < -0.3 is 15.5 Å². The summed E-state index contributed by atoms with van der Waals surface area (Å²) in [4.78, 5) is 39.6. The molecule has 0 radical (unpaired) electrons. The third-order valence-corrected chi connectivity index (χ3v) is 3.84. The summed E-state index contributed by atoms with van der Waals surface area (Å²) >= 11 is 0. The van der Waals surface area contributed by atoms with E-state index >= 15 is 0 Å². The van der Waals surface area contributed by atoms with Gasteiger partial charge in [0.2, 0.25) is 0 Å². The Hall–Kier alpha value is -3.68. The molecule has 0 saturated carbocycles. The molecule has 0 aliphatic carbocycles. The summed E-state index contributed by atoms with van der Waals surface area (Å²) in [6.45, 7) is 1.87. The number of benzene rings is 1. The zero-order valence-corrected chi connectivity index (χ0v) is 13.8. The number of carboxylic acids is 2. The van der Waals surface area contributed by atoms with Crippen molar-refractivity contribution < 1.29 is 24.6 Å².